The average molecular weight is 1140 g/mol. The van der Waals surface area contributed by atoms with Crippen molar-refractivity contribution in [1.82, 2.24) is 0 Å². The largest absolute Gasteiger partial charge is 0.377 e. The lowest BCUT2D eigenvalue weighted by molar-refractivity contribution is 0.387. The van der Waals surface area contributed by atoms with Gasteiger partial charge >= 0.3 is 0 Å². The fraction of sp³-hybridized carbons (Fsp3) is 1.00. The summed E-state index contributed by atoms with van der Waals surface area (Å²) >= 11 is 0. The van der Waals surface area contributed by atoms with Gasteiger partial charge in [0.05, 0.1) is 264 Å². The van der Waals surface area contributed by atoms with Crippen molar-refractivity contribution < 1.29 is 94.7 Å². The van der Waals surface area contributed by atoms with E-state index in [1.54, 1.807) is 0 Å². The van der Waals surface area contributed by atoms with E-state index in [1.807, 2.05) is 0 Å². The Hall–Kier alpha value is -0.840. The Bertz CT molecular complexity index is 700. The van der Waals surface area contributed by atoms with Crippen LogP contribution in [0.1, 0.15) is 103 Å². The molecule has 0 radical (unpaired) electrons. The second kappa shape index (κ2) is 74.2. The number of epoxide rings is 20. The van der Waals surface area contributed by atoms with Crippen LogP contribution < -0.4 is 5.73 Å². The maximum absolute atomic E-state index is 5.22. The fourth-order valence-corrected chi connectivity index (χ4v) is 2.80. The highest BCUT2D eigenvalue weighted by Gasteiger charge is 2.20. The van der Waals surface area contributed by atoms with Gasteiger partial charge < -0.3 is 100 Å². The highest BCUT2D eigenvalue weighted by atomic mass is 16.6. The number of ether oxygens (including phenoxy) is 20. The third-order valence-electron chi connectivity index (χ3n) is 8.16. The van der Waals surface area contributed by atoms with E-state index >= 15 is 0 Å². The minimum absolute atomic E-state index is 0.650. The first-order chi connectivity index (χ1) is 38.9. The summed E-state index contributed by atoms with van der Waals surface area (Å²) in [6.45, 7) is 41.3. The molecule has 21 nitrogen and oxygen atoms in total. The average Bonchev–Trinajstić information content (AvgIpc) is 4.33. The Labute approximate surface area is 473 Å². The quantitative estimate of drug-likeness (QED) is 0.142. The van der Waals surface area contributed by atoms with Gasteiger partial charge in [-0.15, -0.1) is 0 Å². The summed E-state index contributed by atoms with van der Waals surface area (Å²) in [6.07, 6.45) is 22.3. The van der Waals surface area contributed by atoms with E-state index in [9.17, 15) is 0 Å². The Kier molecular flexibility index (Phi) is 73.4. The van der Waals surface area contributed by atoms with Crippen LogP contribution in [-0.2, 0) is 94.7 Å². The summed E-state index contributed by atoms with van der Waals surface area (Å²) < 4.78 is 90.7. The van der Waals surface area contributed by atoms with E-state index in [2.05, 4.69) is 103 Å². The standard InChI is InChI=1S/C18H36O.19C2H4O.CH5N/c1-2-3-4-5-6-7-8-9-10-11-12-13-14-15-16-18-17-19-18;19*1-2-3-1;1-2/h18H,2-17H2,1H3;19*1-2H2;2H2,1H3. The van der Waals surface area contributed by atoms with Gasteiger partial charge in [0.2, 0.25) is 0 Å². The zero-order valence-corrected chi connectivity index (χ0v) is 49.5. The van der Waals surface area contributed by atoms with Crippen LogP contribution in [0.15, 0.2) is 0 Å². The minimum Gasteiger partial charge on any atom is -0.377 e. The van der Waals surface area contributed by atoms with E-state index in [1.165, 1.54) is 103 Å². The molecule has 2 N–H and O–H groups in total. The van der Waals surface area contributed by atoms with E-state index in [0.717, 1.165) is 258 Å². The first-order valence-electron chi connectivity index (χ1n) is 30.1. The molecular weight excluding hydrogens is 1020 g/mol. The Morgan fingerprint density at radius 3 is 0.397 bits per heavy atom. The maximum Gasteiger partial charge on any atom is 0.0810 e. The van der Waals surface area contributed by atoms with E-state index in [-0.39, 0.29) is 0 Å². The van der Waals surface area contributed by atoms with E-state index < -0.39 is 0 Å². The highest BCUT2D eigenvalue weighted by molar-refractivity contribution is 4.68. The molecule has 0 spiro atoms. The fourth-order valence-electron chi connectivity index (χ4n) is 2.80. The molecule has 0 aliphatic carbocycles. The van der Waals surface area contributed by atoms with Gasteiger partial charge in [0.15, 0.2) is 0 Å². The van der Waals surface area contributed by atoms with Gasteiger partial charge in [-0.25, -0.2) is 0 Å². The van der Waals surface area contributed by atoms with Crippen molar-refractivity contribution in [2.75, 3.05) is 265 Å². The van der Waals surface area contributed by atoms with E-state index in [0.29, 0.717) is 6.10 Å². The Morgan fingerprint density at radius 2 is 0.308 bits per heavy atom. The van der Waals surface area contributed by atoms with Crippen LogP contribution in [0.5, 0.6) is 0 Å². The smallest absolute Gasteiger partial charge is 0.0810 e. The lowest BCUT2D eigenvalue weighted by atomic mass is 10.0. The SMILES string of the molecule is C1CO1.C1CO1.C1CO1.C1CO1.C1CO1.C1CO1.C1CO1.C1CO1.C1CO1.C1CO1.C1CO1.C1CO1.C1CO1.C1CO1.C1CO1.C1CO1.C1CO1.C1CO1.C1CO1.CCCCCCCCCCCCCCCCC1CO1.CN. The van der Waals surface area contributed by atoms with Crippen LogP contribution in [0, 0.1) is 0 Å². The molecule has 470 valence electrons. The molecule has 0 amide bonds. The monoisotopic (exact) mass is 1140 g/mol. The third kappa shape index (κ3) is 299. The van der Waals surface area contributed by atoms with Crippen LogP contribution in [0.25, 0.3) is 0 Å². The lowest BCUT2D eigenvalue weighted by Crippen LogP contribution is -1.86. The molecular formula is C57H117NO20. The minimum atomic E-state index is 0.650. The van der Waals surface area contributed by atoms with Crippen LogP contribution in [0.2, 0.25) is 0 Å². The van der Waals surface area contributed by atoms with Gasteiger partial charge in [-0.1, -0.05) is 96.8 Å². The number of hydrogen-bond acceptors (Lipinski definition) is 21. The zero-order valence-electron chi connectivity index (χ0n) is 49.5. The van der Waals surface area contributed by atoms with Crippen LogP contribution in [0.3, 0.4) is 0 Å². The summed E-state index contributed by atoms with van der Waals surface area (Å²) in [5.41, 5.74) is 4.50. The number of unbranched alkanes of at least 4 members (excludes halogenated alkanes) is 13. The summed E-state index contributed by atoms with van der Waals surface area (Å²) in [5.74, 6) is 0. The molecule has 0 aromatic carbocycles. The first-order valence-corrected chi connectivity index (χ1v) is 30.1. The van der Waals surface area contributed by atoms with Crippen molar-refractivity contribution in [3.8, 4) is 0 Å². The molecule has 20 heterocycles. The summed E-state index contributed by atoms with van der Waals surface area (Å²) in [7, 11) is 1.50. The number of nitrogens with two attached hydrogens (primary N) is 1. The van der Waals surface area contributed by atoms with Gasteiger partial charge in [-0.3, -0.25) is 0 Å². The number of rotatable bonds is 15. The van der Waals surface area contributed by atoms with Crippen LogP contribution >= 0.6 is 0 Å². The highest BCUT2D eigenvalue weighted by Crippen LogP contribution is 2.18. The van der Waals surface area contributed by atoms with Crippen molar-refractivity contribution >= 4 is 0 Å². The second-order valence-corrected chi connectivity index (χ2v) is 18.0. The third-order valence-corrected chi connectivity index (χ3v) is 8.16. The van der Waals surface area contributed by atoms with Crippen molar-refractivity contribution in [2.45, 2.75) is 109 Å². The molecule has 20 rings (SSSR count). The van der Waals surface area contributed by atoms with E-state index in [4.69, 9.17) is 4.74 Å². The van der Waals surface area contributed by atoms with Gasteiger partial charge in [0.1, 0.15) is 0 Å². The molecule has 0 aromatic rings. The van der Waals surface area contributed by atoms with Gasteiger partial charge in [0, 0.05) is 0 Å². The Morgan fingerprint density at radius 1 is 0.205 bits per heavy atom. The molecule has 20 aliphatic rings. The van der Waals surface area contributed by atoms with Crippen molar-refractivity contribution in [2.24, 2.45) is 5.73 Å². The summed E-state index contributed by atoms with van der Waals surface area (Å²) in [5, 5.41) is 0. The zero-order chi connectivity index (χ0) is 55.9. The molecule has 20 fully saturated rings. The first kappa shape index (κ1) is 77.2. The van der Waals surface area contributed by atoms with Gasteiger partial charge in [0.25, 0.3) is 0 Å². The Balaban J connectivity index is 0.000000843. The second-order valence-electron chi connectivity index (χ2n) is 18.0. The maximum atomic E-state index is 5.22. The van der Waals surface area contributed by atoms with Crippen LogP contribution in [-0.4, -0.2) is 271 Å². The lowest BCUT2D eigenvalue weighted by Gasteiger charge is -2.03. The molecule has 0 aromatic heterocycles. The number of hydrogen-bond donors (Lipinski definition) is 1. The van der Waals surface area contributed by atoms with Gasteiger partial charge in [-0.2, -0.15) is 0 Å². The molecule has 1 unspecified atom stereocenters. The normalized spacial score (nSPS) is 22.0. The predicted molar refractivity (Wildman–Crippen MR) is 300 cm³/mol. The van der Waals surface area contributed by atoms with Crippen molar-refractivity contribution in [1.29, 1.82) is 0 Å². The van der Waals surface area contributed by atoms with Crippen LogP contribution in [0.4, 0.5) is 0 Å². The van der Waals surface area contributed by atoms with Gasteiger partial charge in [-0.05, 0) is 13.5 Å². The molecule has 0 saturated carbocycles. The summed E-state index contributed by atoms with van der Waals surface area (Å²) in [6, 6.07) is 0. The molecule has 20 aliphatic heterocycles. The van der Waals surface area contributed by atoms with Crippen molar-refractivity contribution in [3.63, 3.8) is 0 Å². The molecule has 21 heteroatoms. The molecule has 0 bridgehead atoms. The molecule has 78 heavy (non-hydrogen) atoms. The molecule has 20 saturated heterocycles. The molecule has 1 atom stereocenters. The topological polar surface area (TPSA) is 277 Å². The van der Waals surface area contributed by atoms with Crippen molar-refractivity contribution in [3.05, 3.63) is 0 Å². The summed E-state index contributed by atoms with van der Waals surface area (Å²) in [4.78, 5) is 0. The predicted octanol–water partition coefficient (Wildman–Crippen LogP) is 6.15.